The van der Waals surface area contributed by atoms with Crippen LogP contribution in [0.5, 0.6) is 5.75 Å². The van der Waals surface area contributed by atoms with Crippen LogP contribution in [-0.4, -0.2) is 19.1 Å². The minimum absolute atomic E-state index is 0.0468. The Kier molecular flexibility index (Phi) is 9.01. The predicted molar refractivity (Wildman–Crippen MR) is 88.4 cm³/mol. The van der Waals surface area contributed by atoms with Crippen molar-refractivity contribution in [2.24, 2.45) is 0 Å². The first-order valence-electron chi connectivity index (χ1n) is 7.95. The number of nitrogens with one attached hydrogen (secondary N) is 1. The van der Waals surface area contributed by atoms with Gasteiger partial charge in [0.25, 0.3) is 0 Å². The number of ether oxygens (including phenoxy) is 1. The fraction of sp³-hybridized carbons (Fsp3) is 0.500. The Labute approximate surface area is 128 Å². The smallest absolute Gasteiger partial charge is 0.244 e. The first-order valence-corrected chi connectivity index (χ1v) is 7.95. The van der Waals surface area contributed by atoms with E-state index in [1.165, 1.54) is 0 Å². The topological polar surface area (TPSA) is 38.3 Å². The van der Waals surface area contributed by atoms with Gasteiger partial charge in [-0.15, -0.1) is 0 Å². The van der Waals surface area contributed by atoms with Crippen LogP contribution in [-0.2, 0) is 4.79 Å². The van der Waals surface area contributed by atoms with Crippen molar-refractivity contribution in [2.75, 3.05) is 13.2 Å². The zero-order valence-corrected chi connectivity index (χ0v) is 13.2. The fourth-order valence-electron chi connectivity index (χ4n) is 1.89. The molecule has 0 spiro atoms. The molecular formula is C18H27NO2. The zero-order chi connectivity index (χ0) is 15.3. The lowest BCUT2D eigenvalue weighted by Crippen LogP contribution is -2.21. The highest BCUT2D eigenvalue weighted by Crippen LogP contribution is 2.19. The Morgan fingerprint density at radius 1 is 1.14 bits per heavy atom. The van der Waals surface area contributed by atoms with E-state index in [4.69, 9.17) is 4.74 Å². The molecule has 1 aromatic rings. The van der Waals surface area contributed by atoms with Crippen LogP contribution in [0, 0.1) is 0 Å². The maximum Gasteiger partial charge on any atom is 0.244 e. The number of hydrogen-bond acceptors (Lipinski definition) is 2. The van der Waals surface area contributed by atoms with Crippen molar-refractivity contribution in [3.63, 3.8) is 0 Å². The summed E-state index contributed by atoms with van der Waals surface area (Å²) < 4.78 is 5.74. The number of amides is 1. The molecule has 0 heterocycles. The molecule has 0 atom stereocenters. The minimum Gasteiger partial charge on any atom is -0.493 e. The summed E-state index contributed by atoms with van der Waals surface area (Å²) in [5.41, 5.74) is 0.942. The van der Waals surface area contributed by atoms with Crippen LogP contribution in [0.4, 0.5) is 0 Å². The average Bonchev–Trinajstić information content (AvgIpc) is 2.51. The third-order valence-corrected chi connectivity index (χ3v) is 3.17. The molecule has 116 valence electrons. The molecule has 1 N–H and O–H groups in total. The Morgan fingerprint density at radius 3 is 2.67 bits per heavy atom. The maximum atomic E-state index is 11.7. The Hall–Kier alpha value is -1.77. The van der Waals surface area contributed by atoms with E-state index in [9.17, 15) is 4.79 Å². The molecule has 21 heavy (non-hydrogen) atoms. The van der Waals surface area contributed by atoms with E-state index in [0.29, 0.717) is 6.61 Å². The highest BCUT2D eigenvalue weighted by Gasteiger charge is 2.00. The van der Waals surface area contributed by atoms with Crippen molar-refractivity contribution in [1.29, 1.82) is 0 Å². The summed E-state index contributed by atoms with van der Waals surface area (Å²) in [5.74, 6) is 0.787. The normalized spacial score (nSPS) is 10.8. The lowest BCUT2D eigenvalue weighted by atomic mass is 10.2. The molecule has 0 unspecified atom stereocenters. The van der Waals surface area contributed by atoms with Gasteiger partial charge in [0.2, 0.25) is 5.91 Å². The van der Waals surface area contributed by atoms with Crippen LogP contribution >= 0.6 is 0 Å². The number of carbonyl (C=O) groups is 1. The van der Waals surface area contributed by atoms with E-state index in [2.05, 4.69) is 19.2 Å². The first-order chi connectivity index (χ1) is 10.3. The van der Waals surface area contributed by atoms with Crippen LogP contribution < -0.4 is 10.1 Å². The van der Waals surface area contributed by atoms with Gasteiger partial charge in [0.1, 0.15) is 5.75 Å². The van der Waals surface area contributed by atoms with E-state index >= 15 is 0 Å². The van der Waals surface area contributed by atoms with E-state index in [1.807, 2.05) is 30.3 Å². The highest BCUT2D eigenvalue weighted by molar-refractivity contribution is 5.92. The second-order valence-electron chi connectivity index (χ2n) is 5.07. The second-order valence-corrected chi connectivity index (χ2v) is 5.07. The molecule has 1 aromatic carbocycles. The molecule has 0 fully saturated rings. The maximum absolute atomic E-state index is 11.7. The Bertz CT molecular complexity index is 441. The lowest BCUT2D eigenvalue weighted by Gasteiger charge is -2.08. The summed E-state index contributed by atoms with van der Waals surface area (Å²) in [6, 6.07) is 7.80. The highest BCUT2D eigenvalue weighted by atomic mass is 16.5. The van der Waals surface area contributed by atoms with Gasteiger partial charge in [0.15, 0.2) is 0 Å². The number of benzene rings is 1. The Morgan fingerprint density at radius 2 is 1.90 bits per heavy atom. The van der Waals surface area contributed by atoms with Crippen LogP contribution in [0.15, 0.2) is 30.3 Å². The fourth-order valence-corrected chi connectivity index (χ4v) is 1.89. The summed E-state index contributed by atoms with van der Waals surface area (Å²) >= 11 is 0. The van der Waals surface area contributed by atoms with Crippen LogP contribution in [0.1, 0.15) is 51.5 Å². The standard InChI is InChI=1S/C18H27NO2/c1-3-5-9-14-19-18(20)13-12-16-10-7-8-11-17(16)21-15-6-4-2/h7-8,10-13H,3-6,9,14-15H2,1-2H3,(H,19,20)/b13-12+. The van der Waals surface area contributed by atoms with Crippen LogP contribution in [0.2, 0.25) is 0 Å². The van der Waals surface area contributed by atoms with E-state index < -0.39 is 0 Å². The van der Waals surface area contributed by atoms with Gasteiger partial charge in [-0.2, -0.15) is 0 Å². The first kappa shape index (κ1) is 17.3. The summed E-state index contributed by atoms with van der Waals surface area (Å²) in [4.78, 5) is 11.7. The lowest BCUT2D eigenvalue weighted by molar-refractivity contribution is -0.116. The molecule has 0 aliphatic carbocycles. The molecule has 0 aliphatic rings. The van der Waals surface area contributed by atoms with E-state index in [-0.39, 0.29) is 5.91 Å². The Balaban J connectivity index is 2.48. The SMILES string of the molecule is CCCCCNC(=O)/C=C/c1ccccc1OCCCC. The third kappa shape index (κ3) is 7.54. The molecular weight excluding hydrogens is 262 g/mol. The van der Waals surface area contributed by atoms with Gasteiger partial charge >= 0.3 is 0 Å². The minimum atomic E-state index is -0.0468. The molecule has 0 radical (unpaired) electrons. The molecule has 3 heteroatoms. The van der Waals surface area contributed by atoms with Gasteiger partial charge in [-0.3, -0.25) is 4.79 Å². The van der Waals surface area contributed by atoms with Crippen LogP contribution in [0.3, 0.4) is 0 Å². The molecule has 0 aliphatic heterocycles. The molecule has 0 aromatic heterocycles. The number of rotatable bonds is 10. The van der Waals surface area contributed by atoms with Gasteiger partial charge in [0, 0.05) is 18.2 Å². The van der Waals surface area contributed by atoms with Crippen molar-refractivity contribution in [3.8, 4) is 5.75 Å². The monoisotopic (exact) mass is 289 g/mol. The van der Waals surface area contributed by atoms with E-state index in [0.717, 1.165) is 50.0 Å². The van der Waals surface area contributed by atoms with E-state index in [1.54, 1.807) is 6.08 Å². The van der Waals surface area contributed by atoms with Gasteiger partial charge in [-0.1, -0.05) is 51.3 Å². The largest absolute Gasteiger partial charge is 0.493 e. The van der Waals surface area contributed by atoms with Gasteiger partial charge in [-0.05, 0) is 25.0 Å². The molecule has 3 nitrogen and oxygen atoms in total. The molecule has 0 bridgehead atoms. The average molecular weight is 289 g/mol. The summed E-state index contributed by atoms with van der Waals surface area (Å²) in [6.07, 6.45) is 8.89. The van der Waals surface area contributed by atoms with Gasteiger partial charge < -0.3 is 10.1 Å². The van der Waals surface area contributed by atoms with Gasteiger partial charge in [-0.25, -0.2) is 0 Å². The van der Waals surface area contributed by atoms with Crippen molar-refractivity contribution in [2.45, 2.75) is 46.0 Å². The van der Waals surface area contributed by atoms with Gasteiger partial charge in [0.05, 0.1) is 6.61 Å². The van der Waals surface area contributed by atoms with Crippen molar-refractivity contribution in [3.05, 3.63) is 35.9 Å². The molecule has 0 saturated carbocycles. The molecule has 1 amide bonds. The zero-order valence-electron chi connectivity index (χ0n) is 13.2. The summed E-state index contributed by atoms with van der Waals surface area (Å²) in [6.45, 7) is 5.74. The predicted octanol–water partition coefficient (Wildman–Crippen LogP) is 4.19. The molecule has 1 rings (SSSR count). The van der Waals surface area contributed by atoms with Crippen molar-refractivity contribution in [1.82, 2.24) is 5.32 Å². The summed E-state index contributed by atoms with van der Waals surface area (Å²) in [5, 5.41) is 2.89. The third-order valence-electron chi connectivity index (χ3n) is 3.17. The number of hydrogen-bond donors (Lipinski definition) is 1. The number of unbranched alkanes of at least 4 members (excludes halogenated alkanes) is 3. The van der Waals surface area contributed by atoms with Crippen molar-refractivity contribution >= 4 is 12.0 Å². The van der Waals surface area contributed by atoms with Crippen LogP contribution in [0.25, 0.3) is 6.08 Å². The second kappa shape index (κ2) is 11.0. The quantitative estimate of drug-likeness (QED) is 0.518. The number of carbonyl (C=O) groups excluding carboxylic acids is 1. The summed E-state index contributed by atoms with van der Waals surface area (Å²) in [7, 11) is 0. The molecule has 0 saturated heterocycles. The van der Waals surface area contributed by atoms with Crippen molar-refractivity contribution < 1.29 is 9.53 Å². The number of para-hydroxylation sites is 1.